The number of unbranched alkanes of at least 4 members (excludes halogenated alkanes) is 9. The van der Waals surface area contributed by atoms with Crippen molar-refractivity contribution >= 4 is 17.8 Å². The summed E-state index contributed by atoms with van der Waals surface area (Å²) in [6, 6.07) is 20.2. The van der Waals surface area contributed by atoms with Gasteiger partial charge in [0.1, 0.15) is 7.14 Å². The Balaban J connectivity index is 1.63. The van der Waals surface area contributed by atoms with Crippen molar-refractivity contribution in [3.63, 3.8) is 0 Å². The standard InChI is InChI=1S/C30H48NOP/c1-3-5-25-31(26-6-4-2)27-19-11-9-7-8-10-12-20-28-33(32,29-21-15-13-16-22-29)30-23-17-14-18-24-30/h13-18,21-24H,3-12,19-20,25-28H2,1-2H3. The lowest BCUT2D eigenvalue weighted by molar-refractivity contribution is 0.259. The quantitative estimate of drug-likeness (QED) is 0.153. The molecule has 0 spiro atoms. The third-order valence-corrected chi connectivity index (χ3v) is 9.91. The molecule has 0 saturated heterocycles. The predicted octanol–water partition coefficient (Wildman–Crippen LogP) is 8.02. The Kier molecular flexibility index (Phi) is 14.5. The van der Waals surface area contributed by atoms with E-state index in [9.17, 15) is 4.57 Å². The molecule has 0 aromatic heterocycles. The Labute approximate surface area is 204 Å². The van der Waals surface area contributed by atoms with Crippen LogP contribution in [0.5, 0.6) is 0 Å². The molecular formula is C30H48NOP. The summed E-state index contributed by atoms with van der Waals surface area (Å²) in [7, 11) is -2.53. The first-order valence-corrected chi connectivity index (χ1v) is 15.5. The number of hydrogen-bond donors (Lipinski definition) is 0. The summed E-state index contributed by atoms with van der Waals surface area (Å²) in [4.78, 5) is 2.69. The van der Waals surface area contributed by atoms with E-state index in [1.807, 2.05) is 60.7 Å². The van der Waals surface area contributed by atoms with E-state index >= 15 is 0 Å². The number of benzene rings is 2. The van der Waals surface area contributed by atoms with Crippen LogP contribution in [0.1, 0.15) is 90.9 Å². The van der Waals surface area contributed by atoms with E-state index < -0.39 is 7.14 Å². The SMILES string of the molecule is CCCCN(CCCC)CCCCCCCCCCP(=O)(c1ccccc1)c1ccccc1. The molecule has 0 aliphatic rings. The summed E-state index contributed by atoms with van der Waals surface area (Å²) in [5.41, 5.74) is 0. The topological polar surface area (TPSA) is 20.3 Å². The second-order valence-electron chi connectivity index (χ2n) is 9.51. The van der Waals surface area contributed by atoms with Gasteiger partial charge >= 0.3 is 0 Å². The fraction of sp³-hybridized carbons (Fsp3) is 0.600. The Morgan fingerprint density at radius 2 is 0.939 bits per heavy atom. The predicted molar refractivity (Wildman–Crippen MR) is 148 cm³/mol. The van der Waals surface area contributed by atoms with Crippen molar-refractivity contribution < 1.29 is 4.57 Å². The van der Waals surface area contributed by atoms with Crippen LogP contribution in [-0.4, -0.2) is 30.7 Å². The molecule has 0 aliphatic carbocycles. The minimum Gasteiger partial charge on any atom is -0.314 e. The average Bonchev–Trinajstić information content (AvgIpc) is 2.87. The summed E-state index contributed by atoms with van der Waals surface area (Å²) in [6.07, 6.45) is 16.3. The first-order chi connectivity index (χ1) is 16.2. The van der Waals surface area contributed by atoms with E-state index in [0.717, 1.165) is 23.2 Å². The largest absolute Gasteiger partial charge is 0.314 e. The highest BCUT2D eigenvalue weighted by Gasteiger charge is 2.26. The van der Waals surface area contributed by atoms with Crippen molar-refractivity contribution in [2.45, 2.75) is 90.9 Å². The maximum Gasteiger partial charge on any atom is 0.143 e. The molecule has 0 fully saturated rings. The highest BCUT2D eigenvalue weighted by Crippen LogP contribution is 2.44. The van der Waals surface area contributed by atoms with Gasteiger partial charge in [0.25, 0.3) is 0 Å². The van der Waals surface area contributed by atoms with Crippen LogP contribution >= 0.6 is 7.14 Å². The van der Waals surface area contributed by atoms with E-state index in [0.29, 0.717) is 0 Å². The van der Waals surface area contributed by atoms with Crippen molar-refractivity contribution in [3.05, 3.63) is 60.7 Å². The lowest BCUT2D eigenvalue weighted by atomic mass is 10.1. The van der Waals surface area contributed by atoms with E-state index in [1.54, 1.807) is 0 Å². The second kappa shape index (κ2) is 17.1. The highest BCUT2D eigenvalue weighted by atomic mass is 31.2. The monoisotopic (exact) mass is 469 g/mol. The Hall–Kier alpha value is -1.37. The van der Waals surface area contributed by atoms with Gasteiger partial charge in [0.15, 0.2) is 0 Å². The van der Waals surface area contributed by atoms with Gasteiger partial charge in [-0.05, 0) is 45.3 Å². The molecule has 2 aromatic carbocycles. The molecule has 3 heteroatoms. The number of rotatable bonds is 19. The lowest BCUT2D eigenvalue weighted by Crippen LogP contribution is -2.27. The molecule has 0 heterocycles. The Morgan fingerprint density at radius 3 is 1.39 bits per heavy atom. The zero-order valence-electron chi connectivity index (χ0n) is 21.4. The molecule has 184 valence electrons. The molecule has 2 aromatic rings. The van der Waals surface area contributed by atoms with E-state index in [4.69, 9.17) is 0 Å². The van der Waals surface area contributed by atoms with Crippen LogP contribution in [0, 0.1) is 0 Å². The molecule has 0 aliphatic heterocycles. The Bertz CT molecular complexity index is 710. The smallest absolute Gasteiger partial charge is 0.143 e. The van der Waals surface area contributed by atoms with Gasteiger partial charge in [0.05, 0.1) is 0 Å². The molecule has 0 radical (unpaired) electrons. The van der Waals surface area contributed by atoms with E-state index in [-0.39, 0.29) is 0 Å². The van der Waals surface area contributed by atoms with Crippen molar-refractivity contribution in [2.75, 3.05) is 25.8 Å². The number of nitrogens with zero attached hydrogens (tertiary/aromatic N) is 1. The van der Waals surface area contributed by atoms with Crippen LogP contribution in [0.15, 0.2) is 60.7 Å². The van der Waals surface area contributed by atoms with Crippen LogP contribution in [0.25, 0.3) is 0 Å². The van der Waals surface area contributed by atoms with Crippen molar-refractivity contribution in [1.29, 1.82) is 0 Å². The maximum atomic E-state index is 14.0. The van der Waals surface area contributed by atoms with Crippen molar-refractivity contribution in [1.82, 2.24) is 4.90 Å². The molecule has 2 rings (SSSR count). The normalized spacial score (nSPS) is 11.8. The fourth-order valence-electron chi connectivity index (χ4n) is 4.57. The van der Waals surface area contributed by atoms with Crippen LogP contribution in [-0.2, 0) is 4.57 Å². The Morgan fingerprint density at radius 1 is 0.545 bits per heavy atom. The van der Waals surface area contributed by atoms with Gasteiger partial charge in [-0.3, -0.25) is 0 Å². The van der Waals surface area contributed by atoms with Gasteiger partial charge in [-0.2, -0.15) is 0 Å². The lowest BCUT2D eigenvalue weighted by Gasteiger charge is -2.21. The van der Waals surface area contributed by atoms with Crippen LogP contribution in [0.4, 0.5) is 0 Å². The summed E-state index contributed by atoms with van der Waals surface area (Å²) >= 11 is 0. The summed E-state index contributed by atoms with van der Waals surface area (Å²) in [5.74, 6) is 0. The fourth-order valence-corrected chi connectivity index (χ4v) is 7.37. The van der Waals surface area contributed by atoms with Gasteiger partial charge < -0.3 is 9.46 Å². The first kappa shape index (κ1) is 27.9. The van der Waals surface area contributed by atoms with Gasteiger partial charge in [-0.15, -0.1) is 0 Å². The third-order valence-electron chi connectivity index (χ3n) is 6.70. The minimum atomic E-state index is -2.53. The van der Waals surface area contributed by atoms with Gasteiger partial charge in [0.2, 0.25) is 0 Å². The van der Waals surface area contributed by atoms with Crippen molar-refractivity contribution in [3.8, 4) is 0 Å². The van der Waals surface area contributed by atoms with Crippen LogP contribution < -0.4 is 10.6 Å². The molecule has 0 atom stereocenters. The minimum absolute atomic E-state index is 0.784. The summed E-state index contributed by atoms with van der Waals surface area (Å²) < 4.78 is 14.0. The molecule has 0 unspecified atom stereocenters. The molecule has 2 nitrogen and oxygen atoms in total. The van der Waals surface area contributed by atoms with Crippen LogP contribution in [0.3, 0.4) is 0 Å². The number of hydrogen-bond acceptors (Lipinski definition) is 2. The summed E-state index contributed by atoms with van der Waals surface area (Å²) in [6.45, 7) is 8.44. The van der Waals surface area contributed by atoms with Gasteiger partial charge in [0, 0.05) is 16.8 Å². The average molecular weight is 470 g/mol. The molecule has 33 heavy (non-hydrogen) atoms. The third kappa shape index (κ3) is 10.6. The van der Waals surface area contributed by atoms with Crippen molar-refractivity contribution in [2.24, 2.45) is 0 Å². The molecule has 0 saturated carbocycles. The second-order valence-corrected chi connectivity index (χ2v) is 12.5. The summed E-state index contributed by atoms with van der Waals surface area (Å²) in [5, 5.41) is 2.01. The van der Waals surface area contributed by atoms with Gasteiger partial charge in [-0.1, -0.05) is 126 Å². The first-order valence-electron chi connectivity index (χ1n) is 13.6. The molecule has 0 amide bonds. The zero-order chi connectivity index (χ0) is 23.6. The maximum absolute atomic E-state index is 14.0. The molecule has 0 N–H and O–H groups in total. The van der Waals surface area contributed by atoms with E-state index in [2.05, 4.69) is 18.7 Å². The van der Waals surface area contributed by atoms with E-state index in [1.165, 1.54) is 90.3 Å². The van der Waals surface area contributed by atoms with Gasteiger partial charge in [-0.25, -0.2) is 0 Å². The zero-order valence-corrected chi connectivity index (χ0v) is 22.3. The molecule has 0 bridgehead atoms. The highest BCUT2D eigenvalue weighted by molar-refractivity contribution is 7.78. The van der Waals surface area contributed by atoms with Crippen LogP contribution in [0.2, 0.25) is 0 Å². The molecular weight excluding hydrogens is 421 g/mol.